The van der Waals surface area contributed by atoms with E-state index in [1.54, 1.807) is 13.0 Å². The third kappa shape index (κ3) is 3.48. The predicted octanol–water partition coefficient (Wildman–Crippen LogP) is 4.20. The minimum absolute atomic E-state index is 0.0123. The highest BCUT2D eigenvalue weighted by atomic mass is 35.5. The molecule has 0 amide bonds. The first-order valence-corrected chi connectivity index (χ1v) is 6.43. The van der Waals surface area contributed by atoms with Crippen LogP contribution in [0.25, 0.3) is 0 Å². The standard InChI is InChI=1S/C14H12ClFN2O3/c1-8(17)9-2-5-13(12(16)6-9)21-14-7-10(18(19)20)3-4-11(14)15/h2-8H,17H2,1H3/t8-/m0/s1. The van der Waals surface area contributed by atoms with Crippen LogP contribution in [0.3, 0.4) is 0 Å². The molecule has 0 heterocycles. The Morgan fingerprint density at radius 1 is 1.29 bits per heavy atom. The number of nitro groups is 1. The molecule has 0 aliphatic rings. The molecule has 0 bridgehead atoms. The van der Waals surface area contributed by atoms with Gasteiger partial charge in [0.25, 0.3) is 5.69 Å². The van der Waals surface area contributed by atoms with Crippen LogP contribution in [0.4, 0.5) is 10.1 Å². The van der Waals surface area contributed by atoms with Gasteiger partial charge in [-0.25, -0.2) is 4.39 Å². The smallest absolute Gasteiger partial charge is 0.273 e. The maximum atomic E-state index is 13.9. The fourth-order valence-corrected chi connectivity index (χ4v) is 1.84. The normalized spacial score (nSPS) is 12.0. The van der Waals surface area contributed by atoms with Crippen LogP contribution in [-0.2, 0) is 0 Å². The van der Waals surface area contributed by atoms with Crippen LogP contribution >= 0.6 is 11.6 Å². The minimum atomic E-state index is -0.618. The van der Waals surface area contributed by atoms with Crippen LogP contribution in [-0.4, -0.2) is 4.92 Å². The Morgan fingerprint density at radius 2 is 2.00 bits per heavy atom. The van der Waals surface area contributed by atoms with Gasteiger partial charge in [-0.3, -0.25) is 10.1 Å². The Bertz CT molecular complexity index is 692. The van der Waals surface area contributed by atoms with E-state index in [0.29, 0.717) is 5.56 Å². The summed E-state index contributed by atoms with van der Waals surface area (Å²) in [4.78, 5) is 10.1. The highest BCUT2D eigenvalue weighted by molar-refractivity contribution is 6.32. The van der Waals surface area contributed by atoms with Crippen molar-refractivity contribution in [3.05, 3.63) is 62.9 Å². The van der Waals surface area contributed by atoms with E-state index >= 15 is 0 Å². The van der Waals surface area contributed by atoms with Gasteiger partial charge >= 0.3 is 0 Å². The molecule has 1 atom stereocenters. The number of halogens is 2. The predicted molar refractivity (Wildman–Crippen MR) is 77.2 cm³/mol. The van der Waals surface area contributed by atoms with E-state index in [-0.39, 0.29) is 28.3 Å². The van der Waals surface area contributed by atoms with E-state index in [0.717, 1.165) is 6.07 Å². The van der Waals surface area contributed by atoms with E-state index < -0.39 is 10.7 Å². The van der Waals surface area contributed by atoms with E-state index in [1.165, 1.54) is 24.3 Å². The zero-order valence-electron chi connectivity index (χ0n) is 11.0. The average Bonchev–Trinajstić information content (AvgIpc) is 2.42. The zero-order chi connectivity index (χ0) is 15.6. The molecule has 2 aromatic rings. The fraction of sp³-hybridized carbons (Fsp3) is 0.143. The van der Waals surface area contributed by atoms with E-state index in [2.05, 4.69) is 0 Å². The van der Waals surface area contributed by atoms with Crippen molar-refractivity contribution < 1.29 is 14.1 Å². The van der Waals surface area contributed by atoms with Gasteiger partial charge in [0.1, 0.15) is 0 Å². The van der Waals surface area contributed by atoms with Crippen molar-refractivity contribution in [1.29, 1.82) is 0 Å². The quantitative estimate of drug-likeness (QED) is 0.678. The Balaban J connectivity index is 2.34. The molecule has 0 saturated heterocycles. The van der Waals surface area contributed by atoms with Crippen LogP contribution < -0.4 is 10.5 Å². The largest absolute Gasteiger partial charge is 0.452 e. The summed E-state index contributed by atoms with van der Waals surface area (Å²) in [6.07, 6.45) is 0. The van der Waals surface area contributed by atoms with Crippen molar-refractivity contribution in [2.75, 3.05) is 0 Å². The second-order valence-corrected chi connectivity index (χ2v) is 4.86. The molecule has 0 aromatic heterocycles. The van der Waals surface area contributed by atoms with Gasteiger partial charge in [-0.1, -0.05) is 17.7 Å². The first-order chi connectivity index (χ1) is 9.88. The van der Waals surface area contributed by atoms with E-state index in [9.17, 15) is 14.5 Å². The number of rotatable bonds is 4. The topological polar surface area (TPSA) is 78.4 Å². The summed E-state index contributed by atoms with van der Waals surface area (Å²) < 4.78 is 19.2. The molecule has 2 N–H and O–H groups in total. The molecule has 0 unspecified atom stereocenters. The van der Waals surface area contributed by atoms with Crippen LogP contribution in [0, 0.1) is 15.9 Å². The Hall–Kier alpha value is -2.18. The summed E-state index contributed by atoms with van der Waals surface area (Å²) in [5.41, 5.74) is 6.08. The van der Waals surface area contributed by atoms with Crippen LogP contribution in [0.15, 0.2) is 36.4 Å². The van der Waals surface area contributed by atoms with Gasteiger partial charge in [0, 0.05) is 12.1 Å². The highest BCUT2D eigenvalue weighted by Gasteiger charge is 2.14. The van der Waals surface area contributed by atoms with Gasteiger partial charge in [-0.15, -0.1) is 0 Å². The second-order valence-electron chi connectivity index (χ2n) is 4.45. The third-order valence-electron chi connectivity index (χ3n) is 2.83. The summed E-state index contributed by atoms with van der Waals surface area (Å²) in [5, 5.41) is 10.9. The highest BCUT2D eigenvalue weighted by Crippen LogP contribution is 2.34. The molecule has 5 nitrogen and oxygen atoms in total. The summed E-state index contributed by atoms with van der Waals surface area (Å²) in [7, 11) is 0. The van der Waals surface area contributed by atoms with Gasteiger partial charge in [0.15, 0.2) is 17.3 Å². The van der Waals surface area contributed by atoms with Gasteiger partial charge < -0.3 is 10.5 Å². The molecule has 0 aliphatic heterocycles. The number of nitrogens with zero attached hydrogens (tertiary/aromatic N) is 1. The van der Waals surface area contributed by atoms with Gasteiger partial charge in [-0.2, -0.15) is 0 Å². The molecule has 0 saturated carbocycles. The number of hydrogen-bond donors (Lipinski definition) is 1. The molecule has 0 fully saturated rings. The van der Waals surface area contributed by atoms with Gasteiger partial charge in [0.05, 0.1) is 16.0 Å². The summed E-state index contributed by atoms with van der Waals surface area (Å²) >= 11 is 5.89. The molecule has 0 aliphatic carbocycles. The van der Waals surface area contributed by atoms with Crippen molar-refractivity contribution in [2.45, 2.75) is 13.0 Å². The lowest BCUT2D eigenvalue weighted by Gasteiger charge is -2.11. The zero-order valence-corrected chi connectivity index (χ0v) is 11.8. The molecular weight excluding hydrogens is 299 g/mol. The molecule has 2 aromatic carbocycles. The molecule has 110 valence electrons. The van der Waals surface area contributed by atoms with Crippen molar-refractivity contribution in [3.63, 3.8) is 0 Å². The fourth-order valence-electron chi connectivity index (χ4n) is 1.69. The lowest BCUT2D eigenvalue weighted by molar-refractivity contribution is -0.384. The van der Waals surface area contributed by atoms with Crippen LogP contribution in [0.2, 0.25) is 5.02 Å². The first kappa shape index (κ1) is 15.2. The molecule has 0 spiro atoms. The van der Waals surface area contributed by atoms with Crippen molar-refractivity contribution in [2.24, 2.45) is 5.73 Å². The van der Waals surface area contributed by atoms with Crippen LogP contribution in [0.5, 0.6) is 11.5 Å². The van der Waals surface area contributed by atoms with Gasteiger partial charge in [0.2, 0.25) is 0 Å². The Kier molecular flexibility index (Phi) is 4.40. The number of benzene rings is 2. The molecule has 2 rings (SSSR count). The molecule has 7 heteroatoms. The third-order valence-corrected chi connectivity index (χ3v) is 3.14. The van der Waals surface area contributed by atoms with Crippen molar-refractivity contribution >= 4 is 17.3 Å². The molecular formula is C14H12ClFN2O3. The number of ether oxygens (including phenoxy) is 1. The summed E-state index contributed by atoms with van der Waals surface area (Å²) in [6.45, 7) is 1.73. The number of hydrogen-bond acceptors (Lipinski definition) is 4. The van der Waals surface area contributed by atoms with Crippen LogP contribution in [0.1, 0.15) is 18.5 Å². The minimum Gasteiger partial charge on any atom is -0.452 e. The SMILES string of the molecule is C[C@H](N)c1ccc(Oc2cc([N+](=O)[O-])ccc2Cl)c(F)c1. The lowest BCUT2D eigenvalue weighted by Crippen LogP contribution is -2.05. The maximum absolute atomic E-state index is 13.9. The van der Waals surface area contributed by atoms with Crippen molar-refractivity contribution in [1.82, 2.24) is 0 Å². The van der Waals surface area contributed by atoms with E-state index in [4.69, 9.17) is 22.1 Å². The molecule has 0 radical (unpaired) electrons. The van der Waals surface area contributed by atoms with E-state index in [1.807, 2.05) is 0 Å². The molecule has 21 heavy (non-hydrogen) atoms. The monoisotopic (exact) mass is 310 g/mol. The number of non-ortho nitro benzene ring substituents is 1. The maximum Gasteiger partial charge on any atom is 0.273 e. The van der Waals surface area contributed by atoms with Gasteiger partial charge in [-0.05, 0) is 30.7 Å². The van der Waals surface area contributed by atoms with Crippen molar-refractivity contribution in [3.8, 4) is 11.5 Å². The number of nitro benzene ring substituents is 1. The summed E-state index contributed by atoms with van der Waals surface area (Å²) in [6, 6.07) is 7.67. The Labute approximate surface area is 125 Å². The number of nitrogens with two attached hydrogens (primary N) is 1. The average molecular weight is 311 g/mol. The summed E-state index contributed by atoms with van der Waals surface area (Å²) in [5.74, 6) is -0.688. The lowest BCUT2D eigenvalue weighted by atomic mass is 10.1. The second kappa shape index (κ2) is 6.07. The Morgan fingerprint density at radius 3 is 2.57 bits per heavy atom. The first-order valence-electron chi connectivity index (χ1n) is 6.05.